The first kappa shape index (κ1) is 48.7. The summed E-state index contributed by atoms with van der Waals surface area (Å²) in [5.41, 5.74) is 4.92. The summed E-state index contributed by atoms with van der Waals surface area (Å²) in [6.45, 7) is 9.34. The van der Waals surface area contributed by atoms with Gasteiger partial charge in [0, 0.05) is 33.9 Å². The summed E-state index contributed by atoms with van der Waals surface area (Å²) in [5.74, 6) is -3.76. The molecule has 18 heteroatoms. The van der Waals surface area contributed by atoms with Gasteiger partial charge in [0.25, 0.3) is 23.6 Å². The van der Waals surface area contributed by atoms with Gasteiger partial charge in [-0.1, -0.05) is 47.5 Å². The van der Waals surface area contributed by atoms with Crippen LogP contribution in [0.1, 0.15) is 81.4 Å². The highest BCUT2D eigenvalue weighted by Crippen LogP contribution is 2.31. The minimum Gasteiger partial charge on any atom is -0.324 e. The molecule has 14 nitrogen and oxygen atoms in total. The standard InChI is InChI=1S/C46H42Cl4N8O6/c1-23-19-38(54-46(64)42(28(6)60)58-56-40-22-32(12-18-36(40)50)44(62)52-34-15-9-30(10-16-34)26(4)48)24(2)20-37(23)53-45(63)41(27(5)59)57-55-39-21-31(11-17-35(39)49)43(61)51-33-13-7-29(8-14-33)25(3)47/h7-22,25-26,41-42H,1-6H3,(H,51,61)(H,52,62)(H,53,63)(H,54,64). The number of hydrogen-bond donors (Lipinski definition) is 4. The zero-order valence-electron chi connectivity index (χ0n) is 35.3. The largest absolute Gasteiger partial charge is 0.324 e. The first-order valence-corrected chi connectivity index (χ1v) is 21.2. The van der Waals surface area contributed by atoms with Crippen LogP contribution in [0.2, 0.25) is 10.0 Å². The van der Waals surface area contributed by atoms with Gasteiger partial charge in [-0.3, -0.25) is 28.8 Å². The molecule has 0 saturated carbocycles. The van der Waals surface area contributed by atoms with Gasteiger partial charge < -0.3 is 21.3 Å². The first-order valence-electron chi connectivity index (χ1n) is 19.6. The third kappa shape index (κ3) is 12.9. The zero-order valence-corrected chi connectivity index (χ0v) is 38.3. The van der Waals surface area contributed by atoms with Crippen LogP contribution in [0.4, 0.5) is 34.1 Å². The molecule has 0 aliphatic carbocycles. The second-order valence-corrected chi connectivity index (χ2v) is 16.8. The summed E-state index contributed by atoms with van der Waals surface area (Å²) < 4.78 is 0. The number of ketones is 2. The fraction of sp³-hybridized carbons (Fsp3) is 0.217. The van der Waals surface area contributed by atoms with E-state index in [1.54, 1.807) is 74.5 Å². The van der Waals surface area contributed by atoms with Crippen LogP contribution in [-0.4, -0.2) is 47.3 Å². The van der Waals surface area contributed by atoms with E-state index in [9.17, 15) is 28.8 Å². The number of anilines is 4. The summed E-state index contributed by atoms with van der Waals surface area (Å²) in [6, 6.07) is 22.7. The number of aryl methyl sites for hydroxylation is 2. The number of carbonyl (C=O) groups is 6. The van der Waals surface area contributed by atoms with Crippen molar-refractivity contribution in [3.63, 3.8) is 0 Å². The van der Waals surface area contributed by atoms with Crippen LogP contribution >= 0.6 is 46.4 Å². The summed E-state index contributed by atoms with van der Waals surface area (Å²) in [4.78, 5) is 78.1. The molecule has 0 radical (unpaired) electrons. The molecule has 64 heavy (non-hydrogen) atoms. The molecule has 4 unspecified atom stereocenters. The molecule has 5 aromatic carbocycles. The summed E-state index contributed by atoms with van der Waals surface area (Å²) in [5, 5.41) is 26.9. The lowest BCUT2D eigenvalue weighted by molar-refractivity contribution is -0.127. The van der Waals surface area contributed by atoms with Crippen molar-refractivity contribution >= 4 is 116 Å². The highest BCUT2D eigenvalue weighted by molar-refractivity contribution is 6.33. The Morgan fingerprint density at radius 2 is 0.844 bits per heavy atom. The van der Waals surface area contributed by atoms with E-state index in [0.717, 1.165) is 11.1 Å². The maximum atomic E-state index is 13.4. The molecule has 4 amide bonds. The molecule has 0 heterocycles. The summed E-state index contributed by atoms with van der Waals surface area (Å²) >= 11 is 24.9. The highest BCUT2D eigenvalue weighted by Gasteiger charge is 2.26. The number of hydrogen-bond acceptors (Lipinski definition) is 10. The number of amides is 4. The van der Waals surface area contributed by atoms with Crippen LogP contribution in [0.3, 0.4) is 0 Å². The number of benzene rings is 5. The van der Waals surface area contributed by atoms with Gasteiger partial charge in [-0.25, -0.2) is 0 Å². The van der Waals surface area contributed by atoms with Gasteiger partial charge in [0.15, 0.2) is 11.6 Å². The second kappa shape index (κ2) is 21.8. The van der Waals surface area contributed by atoms with Crippen LogP contribution in [-0.2, 0) is 19.2 Å². The fourth-order valence-corrected chi connectivity index (χ4v) is 6.50. The number of nitrogens with zero attached hydrogens (tertiary/aromatic N) is 4. The lowest BCUT2D eigenvalue weighted by Gasteiger charge is -2.16. The molecular formula is C46H42Cl4N8O6. The van der Waals surface area contributed by atoms with Crippen LogP contribution < -0.4 is 21.3 Å². The smallest absolute Gasteiger partial charge is 0.258 e. The molecule has 5 rings (SSSR count). The van der Waals surface area contributed by atoms with Gasteiger partial charge in [0.1, 0.15) is 11.4 Å². The van der Waals surface area contributed by atoms with Crippen molar-refractivity contribution in [3.05, 3.63) is 140 Å². The number of carbonyl (C=O) groups excluding carboxylic acids is 6. The Bertz CT molecular complexity index is 2490. The molecule has 330 valence electrons. The van der Waals surface area contributed by atoms with E-state index in [1.165, 1.54) is 50.2 Å². The Morgan fingerprint density at radius 1 is 0.500 bits per heavy atom. The van der Waals surface area contributed by atoms with Gasteiger partial charge >= 0.3 is 0 Å². The predicted octanol–water partition coefficient (Wildman–Crippen LogP) is 12.1. The van der Waals surface area contributed by atoms with E-state index < -0.39 is 47.3 Å². The lowest BCUT2D eigenvalue weighted by Crippen LogP contribution is -2.32. The molecule has 0 fully saturated rings. The van der Waals surface area contributed by atoms with E-state index in [0.29, 0.717) is 33.9 Å². The van der Waals surface area contributed by atoms with Crippen molar-refractivity contribution < 1.29 is 28.8 Å². The SMILES string of the molecule is CC(=O)C(N=Nc1cc(C(=O)Nc2ccc(C(C)Cl)cc2)ccc1Cl)C(=O)Nc1cc(C)c(NC(=O)C(N=Nc2cc(C(=O)Nc3ccc(C(C)Cl)cc3)ccc2Cl)C(C)=O)cc1C. The van der Waals surface area contributed by atoms with E-state index in [2.05, 4.69) is 41.7 Å². The Hall–Kier alpha value is -6.32. The zero-order chi connectivity index (χ0) is 46.8. The second-order valence-electron chi connectivity index (χ2n) is 14.6. The predicted molar refractivity (Wildman–Crippen MR) is 251 cm³/mol. The number of halogens is 4. The van der Waals surface area contributed by atoms with Crippen LogP contribution in [0.25, 0.3) is 0 Å². The Labute approximate surface area is 389 Å². The minimum atomic E-state index is -1.58. The van der Waals surface area contributed by atoms with Gasteiger partial charge in [-0.2, -0.15) is 20.5 Å². The third-order valence-electron chi connectivity index (χ3n) is 9.59. The molecule has 0 bridgehead atoms. The van der Waals surface area contributed by atoms with Gasteiger partial charge in [-0.15, -0.1) is 23.2 Å². The summed E-state index contributed by atoms with van der Waals surface area (Å²) in [6.07, 6.45) is 0. The van der Waals surface area contributed by atoms with E-state index in [4.69, 9.17) is 46.4 Å². The summed E-state index contributed by atoms with van der Waals surface area (Å²) in [7, 11) is 0. The topological polar surface area (TPSA) is 200 Å². The molecular weight excluding hydrogens is 902 g/mol. The molecule has 4 N–H and O–H groups in total. The molecule has 4 atom stereocenters. The molecule has 0 aliphatic heterocycles. The average Bonchev–Trinajstić information content (AvgIpc) is 3.24. The van der Waals surface area contributed by atoms with Crippen molar-refractivity contribution in [2.75, 3.05) is 21.3 Å². The lowest BCUT2D eigenvalue weighted by atomic mass is 10.1. The Morgan fingerprint density at radius 3 is 1.16 bits per heavy atom. The Balaban J connectivity index is 1.25. The van der Waals surface area contributed by atoms with Crippen molar-refractivity contribution in [2.24, 2.45) is 20.5 Å². The number of azo groups is 2. The van der Waals surface area contributed by atoms with E-state index in [-0.39, 0.29) is 43.3 Å². The maximum absolute atomic E-state index is 13.4. The monoisotopic (exact) mass is 942 g/mol. The fourth-order valence-electron chi connectivity index (χ4n) is 5.90. The van der Waals surface area contributed by atoms with Crippen molar-refractivity contribution in [2.45, 2.75) is 64.4 Å². The number of rotatable bonds is 16. The molecule has 0 saturated heterocycles. The van der Waals surface area contributed by atoms with E-state index >= 15 is 0 Å². The quantitative estimate of drug-likeness (QED) is 0.0431. The van der Waals surface area contributed by atoms with Crippen molar-refractivity contribution in [1.82, 2.24) is 0 Å². The third-order valence-corrected chi connectivity index (χ3v) is 10.7. The van der Waals surface area contributed by atoms with Crippen LogP contribution in [0, 0.1) is 13.8 Å². The molecule has 5 aromatic rings. The molecule has 0 aromatic heterocycles. The van der Waals surface area contributed by atoms with Crippen molar-refractivity contribution in [3.8, 4) is 0 Å². The van der Waals surface area contributed by atoms with Gasteiger partial charge in [-0.05, 0) is 137 Å². The van der Waals surface area contributed by atoms with Crippen molar-refractivity contribution in [1.29, 1.82) is 0 Å². The van der Waals surface area contributed by atoms with Crippen LogP contribution in [0.15, 0.2) is 118 Å². The maximum Gasteiger partial charge on any atom is 0.258 e. The molecule has 0 aliphatic rings. The average molecular weight is 945 g/mol. The molecule has 0 spiro atoms. The highest BCUT2D eigenvalue weighted by atomic mass is 35.5. The van der Waals surface area contributed by atoms with Gasteiger partial charge in [0.05, 0.1) is 20.8 Å². The number of nitrogens with one attached hydrogen (secondary N) is 4. The first-order chi connectivity index (χ1) is 30.3. The Kier molecular flexibility index (Phi) is 16.6. The van der Waals surface area contributed by atoms with Gasteiger partial charge in [0.2, 0.25) is 12.1 Å². The number of Topliss-reactive ketones (excluding diaryl/α,β-unsaturated/α-hetero) is 2. The van der Waals surface area contributed by atoms with Crippen LogP contribution in [0.5, 0.6) is 0 Å². The minimum absolute atomic E-state index is 0.0508. The van der Waals surface area contributed by atoms with E-state index in [1.807, 2.05) is 13.8 Å². The number of alkyl halides is 2. The normalized spacial score (nSPS) is 13.2.